The molecule has 1 heterocycles. The molecule has 0 bridgehead atoms. The maximum Gasteiger partial charge on any atom is 0.269 e. The van der Waals surface area contributed by atoms with E-state index in [0.29, 0.717) is 6.54 Å². The Morgan fingerprint density at radius 2 is 2.00 bits per heavy atom. The Bertz CT molecular complexity index is 749. The number of aromatic amines is 1. The minimum absolute atomic E-state index is 0.105. The molecule has 3 rings (SSSR count). The van der Waals surface area contributed by atoms with Gasteiger partial charge in [0.1, 0.15) is 0 Å². The quantitative estimate of drug-likeness (QED) is 0.562. The third-order valence-corrected chi connectivity index (χ3v) is 3.08. The first-order chi connectivity index (χ1) is 9.72. The topological polar surface area (TPSA) is 83.9 Å². The highest BCUT2D eigenvalue weighted by atomic mass is 16.6. The van der Waals surface area contributed by atoms with Gasteiger partial charge in [-0.3, -0.25) is 15.2 Å². The van der Waals surface area contributed by atoms with Crippen LogP contribution in [0.3, 0.4) is 0 Å². The minimum Gasteiger partial charge on any atom is -0.381 e. The molecule has 6 heteroatoms. The number of benzene rings is 2. The standard InChI is InChI=1S/C14H12N4O2/c19-18(20)13-4-1-10(2-5-13)8-15-12-3-6-14-11(7-12)9-16-17-14/h1-7,9,15H,8H2,(H,16,17). The van der Waals surface area contributed by atoms with Crippen LogP contribution in [0.5, 0.6) is 0 Å². The summed E-state index contributed by atoms with van der Waals surface area (Å²) in [7, 11) is 0. The number of anilines is 1. The number of nitrogens with zero attached hydrogens (tertiary/aromatic N) is 2. The Morgan fingerprint density at radius 1 is 1.20 bits per heavy atom. The lowest BCUT2D eigenvalue weighted by molar-refractivity contribution is -0.384. The van der Waals surface area contributed by atoms with Gasteiger partial charge in [0.25, 0.3) is 5.69 Å². The van der Waals surface area contributed by atoms with Crippen LogP contribution >= 0.6 is 0 Å². The zero-order valence-electron chi connectivity index (χ0n) is 10.5. The van der Waals surface area contributed by atoms with Gasteiger partial charge in [0.2, 0.25) is 0 Å². The van der Waals surface area contributed by atoms with Gasteiger partial charge in [-0.1, -0.05) is 12.1 Å². The number of aromatic nitrogens is 2. The number of hydrogen-bond acceptors (Lipinski definition) is 4. The van der Waals surface area contributed by atoms with E-state index in [1.807, 2.05) is 18.2 Å². The highest BCUT2D eigenvalue weighted by molar-refractivity contribution is 5.81. The average molecular weight is 268 g/mol. The van der Waals surface area contributed by atoms with E-state index in [0.717, 1.165) is 22.2 Å². The van der Waals surface area contributed by atoms with Gasteiger partial charge in [-0.25, -0.2) is 0 Å². The first-order valence-electron chi connectivity index (χ1n) is 6.13. The molecule has 3 aromatic rings. The molecule has 0 saturated carbocycles. The highest BCUT2D eigenvalue weighted by Crippen LogP contribution is 2.18. The van der Waals surface area contributed by atoms with Crippen LogP contribution < -0.4 is 5.32 Å². The zero-order valence-corrected chi connectivity index (χ0v) is 10.5. The van der Waals surface area contributed by atoms with Gasteiger partial charge in [-0.15, -0.1) is 0 Å². The second-order valence-corrected chi connectivity index (χ2v) is 4.45. The third-order valence-electron chi connectivity index (χ3n) is 3.08. The maximum atomic E-state index is 10.6. The number of nitro benzene ring substituents is 1. The molecule has 0 aliphatic carbocycles. The van der Waals surface area contributed by atoms with Crippen LogP contribution in [0.4, 0.5) is 11.4 Å². The lowest BCUT2D eigenvalue weighted by atomic mass is 10.2. The van der Waals surface area contributed by atoms with E-state index in [-0.39, 0.29) is 5.69 Å². The minimum atomic E-state index is -0.399. The van der Waals surface area contributed by atoms with E-state index >= 15 is 0 Å². The third kappa shape index (κ3) is 2.44. The van der Waals surface area contributed by atoms with Crippen LogP contribution in [-0.4, -0.2) is 15.1 Å². The highest BCUT2D eigenvalue weighted by Gasteiger charge is 2.04. The van der Waals surface area contributed by atoms with Crippen LogP contribution in [0, 0.1) is 10.1 Å². The molecule has 0 radical (unpaired) electrons. The summed E-state index contributed by atoms with van der Waals surface area (Å²) in [5.74, 6) is 0. The van der Waals surface area contributed by atoms with E-state index in [1.165, 1.54) is 12.1 Å². The molecule has 0 saturated heterocycles. The summed E-state index contributed by atoms with van der Waals surface area (Å²) in [5, 5.41) is 21.8. The summed E-state index contributed by atoms with van der Waals surface area (Å²) in [6, 6.07) is 12.5. The summed E-state index contributed by atoms with van der Waals surface area (Å²) < 4.78 is 0. The van der Waals surface area contributed by atoms with Gasteiger partial charge in [-0.05, 0) is 23.8 Å². The number of nitro groups is 1. The van der Waals surface area contributed by atoms with Crippen molar-refractivity contribution in [2.75, 3.05) is 5.32 Å². The van der Waals surface area contributed by atoms with Crippen molar-refractivity contribution in [1.82, 2.24) is 10.2 Å². The van der Waals surface area contributed by atoms with Gasteiger partial charge in [0, 0.05) is 29.8 Å². The van der Waals surface area contributed by atoms with Crippen LogP contribution in [0.1, 0.15) is 5.56 Å². The Balaban J connectivity index is 1.70. The number of non-ortho nitro benzene ring substituents is 1. The molecule has 0 unspecified atom stereocenters. The number of nitrogens with one attached hydrogen (secondary N) is 2. The van der Waals surface area contributed by atoms with Crippen molar-refractivity contribution < 1.29 is 4.92 Å². The molecule has 0 aliphatic rings. The molecular formula is C14H12N4O2. The molecule has 6 nitrogen and oxygen atoms in total. The molecule has 0 aliphatic heterocycles. The van der Waals surface area contributed by atoms with Crippen molar-refractivity contribution in [3.8, 4) is 0 Å². The lowest BCUT2D eigenvalue weighted by Gasteiger charge is -2.06. The van der Waals surface area contributed by atoms with E-state index in [2.05, 4.69) is 15.5 Å². The summed E-state index contributed by atoms with van der Waals surface area (Å²) in [5.41, 5.74) is 3.07. The van der Waals surface area contributed by atoms with E-state index in [4.69, 9.17) is 0 Å². The van der Waals surface area contributed by atoms with Crippen molar-refractivity contribution in [1.29, 1.82) is 0 Å². The van der Waals surface area contributed by atoms with Gasteiger partial charge >= 0.3 is 0 Å². The van der Waals surface area contributed by atoms with Gasteiger partial charge < -0.3 is 5.32 Å². The van der Waals surface area contributed by atoms with Crippen molar-refractivity contribution in [2.45, 2.75) is 6.54 Å². The first-order valence-corrected chi connectivity index (χ1v) is 6.13. The normalized spacial score (nSPS) is 10.6. The van der Waals surface area contributed by atoms with E-state index < -0.39 is 4.92 Å². The van der Waals surface area contributed by atoms with E-state index in [1.54, 1.807) is 18.3 Å². The maximum absolute atomic E-state index is 10.6. The predicted molar refractivity (Wildman–Crippen MR) is 76.5 cm³/mol. The molecule has 0 atom stereocenters. The number of rotatable bonds is 4. The monoisotopic (exact) mass is 268 g/mol. The molecular weight excluding hydrogens is 256 g/mol. The fourth-order valence-electron chi connectivity index (χ4n) is 1.99. The molecule has 0 spiro atoms. The summed E-state index contributed by atoms with van der Waals surface area (Å²) in [6.07, 6.45) is 1.77. The molecule has 1 aromatic heterocycles. The Kier molecular flexibility index (Phi) is 3.04. The zero-order chi connectivity index (χ0) is 13.9. The fraction of sp³-hybridized carbons (Fsp3) is 0.0714. The van der Waals surface area contributed by atoms with Crippen molar-refractivity contribution in [3.63, 3.8) is 0 Å². The van der Waals surface area contributed by atoms with Gasteiger partial charge in [-0.2, -0.15) is 5.10 Å². The summed E-state index contributed by atoms with van der Waals surface area (Å²) >= 11 is 0. The van der Waals surface area contributed by atoms with E-state index in [9.17, 15) is 10.1 Å². The van der Waals surface area contributed by atoms with Crippen molar-refractivity contribution >= 4 is 22.3 Å². The van der Waals surface area contributed by atoms with Gasteiger partial charge in [0.15, 0.2) is 0 Å². The molecule has 2 N–H and O–H groups in total. The largest absolute Gasteiger partial charge is 0.381 e. The molecule has 20 heavy (non-hydrogen) atoms. The molecule has 0 fully saturated rings. The summed E-state index contributed by atoms with van der Waals surface area (Å²) in [6.45, 7) is 0.612. The first kappa shape index (κ1) is 12.2. The number of fused-ring (bicyclic) bond motifs is 1. The Labute approximate surface area is 114 Å². The smallest absolute Gasteiger partial charge is 0.269 e. The second-order valence-electron chi connectivity index (χ2n) is 4.45. The summed E-state index contributed by atoms with van der Waals surface area (Å²) in [4.78, 5) is 10.2. The van der Waals surface area contributed by atoms with Crippen molar-refractivity contribution in [2.24, 2.45) is 0 Å². The van der Waals surface area contributed by atoms with Crippen LogP contribution in [0.25, 0.3) is 10.9 Å². The predicted octanol–water partition coefficient (Wildman–Crippen LogP) is 3.08. The molecule has 2 aromatic carbocycles. The van der Waals surface area contributed by atoms with Crippen LogP contribution in [0.15, 0.2) is 48.7 Å². The number of hydrogen-bond donors (Lipinski definition) is 2. The fourth-order valence-corrected chi connectivity index (χ4v) is 1.99. The Morgan fingerprint density at radius 3 is 2.75 bits per heavy atom. The molecule has 0 amide bonds. The SMILES string of the molecule is O=[N+]([O-])c1ccc(CNc2ccc3[nH]ncc3c2)cc1. The molecule has 100 valence electrons. The van der Waals surface area contributed by atoms with Crippen LogP contribution in [0.2, 0.25) is 0 Å². The lowest BCUT2D eigenvalue weighted by Crippen LogP contribution is -1.99. The number of H-pyrrole nitrogens is 1. The van der Waals surface area contributed by atoms with Gasteiger partial charge in [0.05, 0.1) is 16.6 Å². The van der Waals surface area contributed by atoms with Crippen LogP contribution in [-0.2, 0) is 6.54 Å². The Hall–Kier alpha value is -2.89. The second kappa shape index (κ2) is 5.00. The average Bonchev–Trinajstić information content (AvgIpc) is 2.93. The van der Waals surface area contributed by atoms with Crippen molar-refractivity contribution in [3.05, 3.63) is 64.3 Å².